The molecular formula is C23H20N4O3. The quantitative estimate of drug-likeness (QED) is 0.530. The van der Waals surface area contributed by atoms with Gasteiger partial charge >= 0.3 is 0 Å². The number of carbonyl (C=O) groups is 1. The summed E-state index contributed by atoms with van der Waals surface area (Å²) in [5, 5.41) is 7.64. The predicted octanol–water partition coefficient (Wildman–Crippen LogP) is 3.92. The molecule has 30 heavy (non-hydrogen) atoms. The summed E-state index contributed by atoms with van der Waals surface area (Å²) < 4.78 is 7.49. The van der Waals surface area contributed by atoms with E-state index < -0.39 is 0 Å². The second-order valence-electron chi connectivity index (χ2n) is 6.82. The van der Waals surface area contributed by atoms with Crippen molar-refractivity contribution in [2.45, 2.75) is 19.9 Å². The molecule has 0 aliphatic heterocycles. The van der Waals surface area contributed by atoms with Gasteiger partial charge < -0.3 is 10.1 Å². The summed E-state index contributed by atoms with van der Waals surface area (Å²) in [5.74, 6) is 1.21. The Hall–Kier alpha value is -4.00. The van der Waals surface area contributed by atoms with Crippen LogP contribution in [0.15, 0.2) is 78.0 Å². The molecule has 7 heteroatoms. The van der Waals surface area contributed by atoms with Gasteiger partial charge in [-0.3, -0.25) is 19.3 Å². The molecule has 0 unspecified atom stereocenters. The molecule has 0 fully saturated rings. The van der Waals surface area contributed by atoms with Crippen molar-refractivity contribution < 1.29 is 9.53 Å². The first-order chi connectivity index (χ1) is 14.6. The topological polar surface area (TPSA) is 86.1 Å². The number of nitrogens with zero attached hydrogens (tertiary/aromatic N) is 3. The lowest BCUT2D eigenvalue weighted by Gasteiger charge is -2.12. The molecule has 0 bridgehead atoms. The molecular weight excluding hydrogens is 380 g/mol. The minimum Gasteiger partial charge on any atom is -0.455 e. The molecule has 4 aromatic rings. The summed E-state index contributed by atoms with van der Waals surface area (Å²) in [6.45, 7) is 2.28. The molecule has 0 spiro atoms. The Morgan fingerprint density at radius 1 is 1.10 bits per heavy atom. The van der Waals surface area contributed by atoms with E-state index in [1.54, 1.807) is 35.3 Å². The van der Waals surface area contributed by atoms with E-state index in [9.17, 15) is 9.59 Å². The smallest absolute Gasteiger partial charge is 0.226 e. The van der Waals surface area contributed by atoms with Crippen LogP contribution in [0.5, 0.6) is 11.5 Å². The molecule has 2 aromatic heterocycles. The molecule has 0 aliphatic rings. The second-order valence-corrected chi connectivity index (χ2v) is 6.82. The third-order valence-electron chi connectivity index (χ3n) is 4.63. The number of hydrogen-bond acceptors (Lipinski definition) is 5. The number of rotatable bonds is 6. The molecule has 7 nitrogen and oxygen atoms in total. The van der Waals surface area contributed by atoms with Crippen molar-refractivity contribution in [3.8, 4) is 11.5 Å². The van der Waals surface area contributed by atoms with Gasteiger partial charge in [0.25, 0.3) is 0 Å². The third-order valence-corrected chi connectivity index (χ3v) is 4.63. The highest BCUT2D eigenvalue weighted by atomic mass is 16.5. The van der Waals surface area contributed by atoms with Crippen LogP contribution in [0.25, 0.3) is 10.9 Å². The Bertz CT molecular complexity index is 1250. The van der Waals surface area contributed by atoms with Crippen molar-refractivity contribution in [3.63, 3.8) is 0 Å². The van der Waals surface area contributed by atoms with E-state index in [1.807, 2.05) is 43.3 Å². The first-order valence-corrected chi connectivity index (χ1v) is 9.53. The van der Waals surface area contributed by atoms with Gasteiger partial charge in [-0.1, -0.05) is 12.1 Å². The van der Waals surface area contributed by atoms with Crippen LogP contribution in [-0.4, -0.2) is 20.7 Å². The van der Waals surface area contributed by atoms with Gasteiger partial charge in [0.1, 0.15) is 11.5 Å². The summed E-state index contributed by atoms with van der Waals surface area (Å²) >= 11 is 0. The first-order valence-electron chi connectivity index (χ1n) is 9.53. The van der Waals surface area contributed by atoms with Gasteiger partial charge in [-0.25, -0.2) is 0 Å². The number of anilines is 1. The van der Waals surface area contributed by atoms with Gasteiger partial charge in [-0.2, -0.15) is 5.10 Å². The van der Waals surface area contributed by atoms with E-state index in [2.05, 4.69) is 15.4 Å². The van der Waals surface area contributed by atoms with E-state index in [0.717, 1.165) is 5.56 Å². The molecule has 2 heterocycles. The van der Waals surface area contributed by atoms with Gasteiger partial charge in [0.2, 0.25) is 11.3 Å². The van der Waals surface area contributed by atoms with Crippen molar-refractivity contribution in [2.24, 2.45) is 0 Å². The number of amides is 1. The zero-order chi connectivity index (χ0) is 20.9. The number of fused-ring (bicyclic) bond motifs is 1. The number of aromatic nitrogens is 3. The Balaban J connectivity index is 1.40. The van der Waals surface area contributed by atoms with Gasteiger partial charge in [-0.05, 0) is 55.0 Å². The summed E-state index contributed by atoms with van der Waals surface area (Å²) in [6.07, 6.45) is 4.84. The molecule has 150 valence electrons. The second kappa shape index (κ2) is 8.57. The minimum absolute atomic E-state index is 0.129. The molecule has 0 aliphatic carbocycles. The standard InChI is InChI=1S/C23H20N4O3/c1-16-13-17(8-9-22(16)30-18-5-4-11-24-14-18)26-23(29)10-12-27-20-7-3-2-6-19(20)21(28)15-25-27/h2-9,11,13-15H,10,12H2,1H3,(H,26,29). The zero-order valence-corrected chi connectivity index (χ0v) is 16.4. The molecule has 1 amide bonds. The van der Waals surface area contributed by atoms with Crippen LogP contribution in [-0.2, 0) is 11.3 Å². The highest BCUT2D eigenvalue weighted by Gasteiger charge is 2.09. The fourth-order valence-corrected chi connectivity index (χ4v) is 3.15. The summed E-state index contributed by atoms with van der Waals surface area (Å²) in [5.41, 5.74) is 2.17. The largest absolute Gasteiger partial charge is 0.455 e. The third kappa shape index (κ3) is 4.35. The van der Waals surface area contributed by atoms with Crippen LogP contribution >= 0.6 is 0 Å². The maximum atomic E-state index is 12.4. The number of benzene rings is 2. The molecule has 4 rings (SSSR count). The van der Waals surface area contributed by atoms with E-state index in [-0.39, 0.29) is 17.8 Å². The number of hydrogen-bond donors (Lipinski definition) is 1. The number of ether oxygens (including phenoxy) is 1. The van der Waals surface area contributed by atoms with Crippen molar-refractivity contribution in [2.75, 3.05) is 5.32 Å². The highest BCUT2D eigenvalue weighted by Crippen LogP contribution is 2.26. The Kier molecular flexibility index (Phi) is 5.52. The number of aryl methyl sites for hydroxylation is 2. The Morgan fingerprint density at radius 2 is 1.97 bits per heavy atom. The van der Waals surface area contributed by atoms with Crippen LogP contribution in [0, 0.1) is 6.92 Å². The van der Waals surface area contributed by atoms with Crippen LogP contribution in [0.2, 0.25) is 0 Å². The first kappa shape index (κ1) is 19.3. The average molecular weight is 400 g/mol. The van der Waals surface area contributed by atoms with Gasteiger partial charge in [0.05, 0.1) is 24.5 Å². The van der Waals surface area contributed by atoms with Crippen LogP contribution in [0.1, 0.15) is 12.0 Å². The maximum absolute atomic E-state index is 12.4. The fraction of sp³-hybridized carbons (Fsp3) is 0.130. The molecule has 0 saturated carbocycles. The predicted molar refractivity (Wildman–Crippen MR) is 115 cm³/mol. The lowest BCUT2D eigenvalue weighted by Crippen LogP contribution is -2.18. The van der Waals surface area contributed by atoms with Crippen molar-refractivity contribution >= 4 is 22.5 Å². The fourth-order valence-electron chi connectivity index (χ4n) is 3.15. The minimum atomic E-state index is -0.139. The summed E-state index contributed by atoms with van der Waals surface area (Å²) in [7, 11) is 0. The monoisotopic (exact) mass is 400 g/mol. The van der Waals surface area contributed by atoms with Gasteiger partial charge in [0.15, 0.2) is 0 Å². The average Bonchev–Trinajstić information content (AvgIpc) is 2.76. The van der Waals surface area contributed by atoms with E-state index >= 15 is 0 Å². The molecule has 2 aromatic carbocycles. The van der Waals surface area contributed by atoms with Crippen LogP contribution < -0.4 is 15.5 Å². The van der Waals surface area contributed by atoms with Crippen molar-refractivity contribution in [1.82, 2.24) is 14.8 Å². The lowest BCUT2D eigenvalue weighted by molar-refractivity contribution is -0.116. The van der Waals surface area contributed by atoms with Crippen molar-refractivity contribution in [3.05, 3.63) is 89.0 Å². The number of para-hydroxylation sites is 1. The molecule has 0 radical (unpaired) electrons. The Labute approximate surface area is 173 Å². The Morgan fingerprint density at radius 3 is 2.77 bits per heavy atom. The summed E-state index contributed by atoms with van der Waals surface area (Å²) in [4.78, 5) is 28.4. The van der Waals surface area contributed by atoms with E-state index in [0.29, 0.717) is 34.6 Å². The molecule has 0 atom stereocenters. The summed E-state index contributed by atoms with van der Waals surface area (Å²) in [6, 6.07) is 16.3. The lowest BCUT2D eigenvalue weighted by atomic mass is 10.2. The van der Waals surface area contributed by atoms with E-state index in [4.69, 9.17) is 4.74 Å². The van der Waals surface area contributed by atoms with Crippen molar-refractivity contribution in [1.29, 1.82) is 0 Å². The van der Waals surface area contributed by atoms with Gasteiger partial charge in [0, 0.05) is 23.7 Å². The highest BCUT2D eigenvalue weighted by molar-refractivity contribution is 5.91. The SMILES string of the molecule is Cc1cc(NC(=O)CCn2ncc(=O)c3ccccc32)ccc1Oc1cccnc1. The van der Waals surface area contributed by atoms with Crippen LogP contribution in [0.4, 0.5) is 5.69 Å². The number of pyridine rings is 1. The normalized spacial score (nSPS) is 10.7. The number of nitrogens with one attached hydrogen (secondary N) is 1. The van der Waals surface area contributed by atoms with E-state index in [1.165, 1.54) is 6.20 Å². The number of carbonyl (C=O) groups excluding carboxylic acids is 1. The maximum Gasteiger partial charge on any atom is 0.226 e. The molecule has 0 saturated heterocycles. The zero-order valence-electron chi connectivity index (χ0n) is 16.4. The van der Waals surface area contributed by atoms with Gasteiger partial charge in [-0.15, -0.1) is 0 Å². The van der Waals surface area contributed by atoms with Crippen LogP contribution in [0.3, 0.4) is 0 Å². The molecule has 1 N–H and O–H groups in total.